The van der Waals surface area contributed by atoms with E-state index in [0.29, 0.717) is 32.0 Å². The number of nitrogens with zero attached hydrogens (tertiary/aromatic N) is 2. The van der Waals surface area contributed by atoms with E-state index >= 15 is 0 Å². The third-order valence-corrected chi connectivity index (χ3v) is 8.46. The smallest absolute Gasteiger partial charge is 0.242 e. The molecule has 1 saturated carbocycles. The summed E-state index contributed by atoms with van der Waals surface area (Å²) in [7, 11) is 1.68. The third-order valence-electron chi connectivity index (χ3n) is 7.47. The maximum absolute atomic E-state index is 13.7. The SMILES string of the molecule is COCCCN(CC(=O)N1CCc2sccc2C1c1ccccc1C)C(=O)CCC1CCCC1. The standard InChI is InChI=1S/C28H38N2O3S/c1-21-8-3-6-11-23(21)28-24-15-19-34-25(24)14-17-30(28)27(32)20-29(16-7-18-33-2)26(31)13-12-22-9-4-5-10-22/h3,6,8,11,15,19,22,28H,4-5,7,9-10,12-14,16-18,20H2,1-2H3. The van der Waals surface area contributed by atoms with Crippen LogP contribution in [-0.2, 0) is 20.7 Å². The van der Waals surface area contributed by atoms with Crippen LogP contribution in [0.4, 0.5) is 0 Å². The first kappa shape index (κ1) is 24.9. The summed E-state index contributed by atoms with van der Waals surface area (Å²) in [4.78, 5) is 32.1. The van der Waals surface area contributed by atoms with E-state index < -0.39 is 0 Å². The van der Waals surface area contributed by atoms with Gasteiger partial charge in [-0.05, 0) is 60.2 Å². The molecule has 1 fully saturated rings. The Balaban J connectivity index is 1.50. The summed E-state index contributed by atoms with van der Waals surface area (Å²) in [6.07, 6.45) is 8.16. The molecule has 1 aromatic carbocycles. The molecule has 1 aliphatic heterocycles. The van der Waals surface area contributed by atoms with Crippen LogP contribution in [0.1, 0.15) is 72.6 Å². The van der Waals surface area contributed by atoms with Gasteiger partial charge in [-0.1, -0.05) is 49.9 Å². The van der Waals surface area contributed by atoms with Crippen molar-refractivity contribution in [2.75, 3.05) is 33.4 Å². The van der Waals surface area contributed by atoms with Crippen molar-refractivity contribution in [3.05, 3.63) is 57.3 Å². The molecule has 1 aliphatic carbocycles. The summed E-state index contributed by atoms with van der Waals surface area (Å²) >= 11 is 1.78. The first-order chi connectivity index (χ1) is 16.6. The van der Waals surface area contributed by atoms with Gasteiger partial charge in [0, 0.05) is 38.1 Å². The summed E-state index contributed by atoms with van der Waals surface area (Å²) in [6.45, 7) is 4.11. The monoisotopic (exact) mass is 482 g/mol. The van der Waals surface area contributed by atoms with Crippen LogP contribution in [-0.4, -0.2) is 55.0 Å². The van der Waals surface area contributed by atoms with Crippen molar-refractivity contribution in [1.82, 2.24) is 9.80 Å². The number of aryl methyl sites for hydroxylation is 1. The topological polar surface area (TPSA) is 49.9 Å². The maximum Gasteiger partial charge on any atom is 0.242 e. The fourth-order valence-electron chi connectivity index (χ4n) is 5.54. The lowest BCUT2D eigenvalue weighted by Gasteiger charge is -2.38. The Kier molecular flexibility index (Phi) is 8.79. The second-order valence-corrected chi connectivity index (χ2v) is 10.7. The first-order valence-electron chi connectivity index (χ1n) is 12.8. The first-order valence-corrected chi connectivity index (χ1v) is 13.6. The Labute approximate surface area is 208 Å². The number of benzene rings is 1. The second kappa shape index (κ2) is 12.0. The summed E-state index contributed by atoms with van der Waals surface area (Å²) in [5.41, 5.74) is 3.60. The molecule has 2 aromatic rings. The maximum atomic E-state index is 13.7. The molecule has 0 spiro atoms. The van der Waals surface area contributed by atoms with Crippen LogP contribution in [0.25, 0.3) is 0 Å². The molecule has 34 heavy (non-hydrogen) atoms. The number of thiophene rings is 1. The highest BCUT2D eigenvalue weighted by atomic mass is 32.1. The Hall–Kier alpha value is -2.18. The molecule has 0 bridgehead atoms. The van der Waals surface area contributed by atoms with Gasteiger partial charge < -0.3 is 14.5 Å². The van der Waals surface area contributed by atoms with Crippen molar-refractivity contribution < 1.29 is 14.3 Å². The van der Waals surface area contributed by atoms with Crippen molar-refractivity contribution in [2.24, 2.45) is 5.92 Å². The number of ether oxygens (including phenoxy) is 1. The van der Waals surface area contributed by atoms with Gasteiger partial charge in [-0.2, -0.15) is 0 Å². The van der Waals surface area contributed by atoms with E-state index in [-0.39, 0.29) is 24.4 Å². The van der Waals surface area contributed by atoms with E-state index in [2.05, 4.69) is 36.6 Å². The molecule has 2 aliphatic rings. The van der Waals surface area contributed by atoms with Crippen LogP contribution in [0.5, 0.6) is 0 Å². The quantitative estimate of drug-likeness (QED) is 0.428. The van der Waals surface area contributed by atoms with Gasteiger partial charge in [0.05, 0.1) is 12.6 Å². The van der Waals surface area contributed by atoms with Crippen molar-refractivity contribution in [2.45, 2.75) is 64.3 Å². The molecular formula is C28H38N2O3S. The Morgan fingerprint density at radius 2 is 1.94 bits per heavy atom. The largest absolute Gasteiger partial charge is 0.385 e. The molecule has 0 saturated heterocycles. The second-order valence-electron chi connectivity index (χ2n) is 9.75. The van der Waals surface area contributed by atoms with Gasteiger partial charge in [-0.3, -0.25) is 9.59 Å². The number of carbonyl (C=O) groups excluding carboxylic acids is 2. The highest BCUT2D eigenvalue weighted by molar-refractivity contribution is 7.10. The van der Waals surface area contributed by atoms with Gasteiger partial charge in [0.1, 0.15) is 0 Å². The number of amides is 2. The molecule has 6 heteroatoms. The molecule has 2 amide bonds. The molecule has 5 nitrogen and oxygen atoms in total. The van der Waals surface area contributed by atoms with Crippen molar-refractivity contribution in [3.63, 3.8) is 0 Å². The fourth-order valence-corrected chi connectivity index (χ4v) is 6.45. The minimum Gasteiger partial charge on any atom is -0.385 e. The summed E-state index contributed by atoms with van der Waals surface area (Å²) in [6, 6.07) is 10.4. The molecule has 0 radical (unpaired) electrons. The lowest BCUT2D eigenvalue weighted by Crippen LogP contribution is -2.47. The number of fused-ring (bicyclic) bond motifs is 1. The average molecular weight is 483 g/mol. The van der Waals surface area contributed by atoms with Crippen LogP contribution in [0.15, 0.2) is 35.7 Å². The number of rotatable bonds is 10. The normalized spacial score (nSPS) is 18.2. The minimum absolute atomic E-state index is 0.0386. The Bertz CT molecular complexity index is 966. The average Bonchev–Trinajstić information content (AvgIpc) is 3.54. The Morgan fingerprint density at radius 1 is 1.15 bits per heavy atom. The van der Waals surface area contributed by atoms with Crippen LogP contribution >= 0.6 is 11.3 Å². The number of carbonyl (C=O) groups is 2. The van der Waals surface area contributed by atoms with Gasteiger partial charge in [-0.15, -0.1) is 11.3 Å². The minimum atomic E-state index is -0.0851. The zero-order valence-electron chi connectivity index (χ0n) is 20.6. The van der Waals surface area contributed by atoms with E-state index in [1.807, 2.05) is 11.0 Å². The number of methoxy groups -OCH3 is 1. The van der Waals surface area contributed by atoms with Crippen LogP contribution in [0.3, 0.4) is 0 Å². The van der Waals surface area contributed by atoms with Crippen molar-refractivity contribution in [3.8, 4) is 0 Å². The molecule has 0 N–H and O–H groups in total. The van der Waals surface area contributed by atoms with Crippen molar-refractivity contribution in [1.29, 1.82) is 0 Å². The summed E-state index contributed by atoms with van der Waals surface area (Å²) in [5.74, 6) is 0.818. The molecule has 1 aromatic heterocycles. The fraction of sp³-hybridized carbons (Fsp3) is 0.571. The zero-order valence-corrected chi connectivity index (χ0v) is 21.4. The van der Waals surface area contributed by atoms with Crippen LogP contribution < -0.4 is 0 Å². The molecule has 2 heterocycles. The lowest BCUT2D eigenvalue weighted by atomic mass is 9.90. The summed E-state index contributed by atoms with van der Waals surface area (Å²) in [5, 5.41) is 2.13. The predicted octanol–water partition coefficient (Wildman–Crippen LogP) is 5.37. The highest BCUT2D eigenvalue weighted by Crippen LogP contribution is 2.39. The van der Waals surface area contributed by atoms with Gasteiger partial charge in [0.15, 0.2) is 0 Å². The van der Waals surface area contributed by atoms with E-state index in [0.717, 1.165) is 19.3 Å². The molecule has 184 valence electrons. The van der Waals surface area contributed by atoms with Crippen LogP contribution in [0, 0.1) is 12.8 Å². The number of hydrogen-bond donors (Lipinski definition) is 0. The molecule has 1 unspecified atom stereocenters. The molecular weight excluding hydrogens is 444 g/mol. The predicted molar refractivity (Wildman–Crippen MR) is 137 cm³/mol. The van der Waals surface area contributed by atoms with Gasteiger partial charge in [0.2, 0.25) is 11.8 Å². The van der Waals surface area contributed by atoms with Gasteiger partial charge in [-0.25, -0.2) is 0 Å². The summed E-state index contributed by atoms with van der Waals surface area (Å²) < 4.78 is 5.22. The molecule has 1 atom stereocenters. The Morgan fingerprint density at radius 3 is 2.71 bits per heavy atom. The van der Waals surface area contributed by atoms with E-state index in [1.165, 1.54) is 47.3 Å². The van der Waals surface area contributed by atoms with Gasteiger partial charge in [0.25, 0.3) is 0 Å². The van der Waals surface area contributed by atoms with E-state index in [4.69, 9.17) is 4.74 Å². The van der Waals surface area contributed by atoms with Crippen molar-refractivity contribution >= 4 is 23.2 Å². The molecule has 4 rings (SSSR count). The van der Waals surface area contributed by atoms with E-state index in [9.17, 15) is 9.59 Å². The van der Waals surface area contributed by atoms with E-state index in [1.54, 1.807) is 23.3 Å². The third kappa shape index (κ3) is 5.89. The lowest BCUT2D eigenvalue weighted by molar-refractivity contribution is -0.142. The zero-order chi connectivity index (χ0) is 23.9. The highest BCUT2D eigenvalue weighted by Gasteiger charge is 2.34. The van der Waals surface area contributed by atoms with Gasteiger partial charge >= 0.3 is 0 Å². The van der Waals surface area contributed by atoms with Crippen LogP contribution in [0.2, 0.25) is 0 Å². The number of hydrogen-bond acceptors (Lipinski definition) is 4.